The fourth-order valence-corrected chi connectivity index (χ4v) is 0. The Morgan fingerprint density at radius 2 is 0.739 bits per heavy atom. The minimum Gasteiger partial charge on any atom is -0.412 e. The van der Waals surface area contributed by atoms with E-state index in [0.717, 1.165) is 0 Å². The Labute approximate surface area is 166 Å². The molecule has 0 fully saturated rings. The molecule has 0 aromatic heterocycles. The molecule has 0 aromatic carbocycles. The second kappa shape index (κ2) is 92.4. The monoisotopic (exact) mass is 537 g/mol. The predicted octanol–water partition coefficient (Wildman–Crippen LogP) is 3.94. The van der Waals surface area contributed by atoms with Gasteiger partial charge in [0.1, 0.15) is 0 Å². The Balaban J connectivity index is -0.0000000109. The Morgan fingerprint density at radius 3 is 0.739 bits per heavy atom. The van der Waals surface area contributed by atoms with Crippen LogP contribution in [0.25, 0.3) is 0 Å². The van der Waals surface area contributed by atoms with Crippen LogP contribution < -0.4 is 0 Å². The molecule has 4 N–H and O–H groups in total. The first-order valence-corrected chi connectivity index (χ1v) is 3.94. The standard InChI is InChI=1S/C2H5F.C2H4F.CF4.2CH2F2.CH3F.2H2O.2Zr/c2*1-2-3;2-1(3,4)5;2*2-1-3;1-2;;;;/h2H2,1H3;1-2H2;;2*1H2;1H3;2*1H2;;/q;-1;;;;;;;;+2. The quantitative estimate of drug-likeness (QED) is 0.331. The summed E-state index contributed by atoms with van der Waals surface area (Å²) in [6.45, 7) is 0.0278. The molecular formula is C8H20F11O2Zr2+. The van der Waals surface area contributed by atoms with E-state index in [0.29, 0.717) is 7.18 Å². The van der Waals surface area contributed by atoms with Crippen LogP contribution in [0.4, 0.5) is 48.3 Å². The first-order chi connectivity index (χ1) is 8.66. The van der Waals surface area contributed by atoms with Crippen LogP contribution in [0.1, 0.15) is 6.92 Å². The summed E-state index contributed by atoms with van der Waals surface area (Å²) < 4.78 is 107. The van der Waals surface area contributed by atoms with Crippen molar-refractivity contribution in [1.29, 1.82) is 0 Å². The Morgan fingerprint density at radius 1 is 0.739 bits per heavy atom. The van der Waals surface area contributed by atoms with Gasteiger partial charge in [0.05, 0.1) is 13.9 Å². The van der Waals surface area contributed by atoms with Crippen molar-refractivity contribution in [3.8, 4) is 0 Å². The zero-order chi connectivity index (χ0) is 17.3. The molecule has 0 aromatic rings. The van der Waals surface area contributed by atoms with E-state index in [1.54, 1.807) is 0 Å². The molecule has 0 saturated heterocycles. The minimum atomic E-state index is -5.50. The van der Waals surface area contributed by atoms with Crippen molar-refractivity contribution >= 4 is 0 Å². The van der Waals surface area contributed by atoms with Gasteiger partial charge in [-0.1, -0.05) is 0 Å². The molecule has 148 valence electrons. The van der Waals surface area contributed by atoms with Gasteiger partial charge in [-0.25, -0.2) is 17.6 Å². The van der Waals surface area contributed by atoms with Crippen LogP contribution in [0.5, 0.6) is 0 Å². The second-order valence-corrected chi connectivity index (χ2v) is 1.09. The molecule has 0 aliphatic heterocycles. The SMILES string of the molecule is CCF.CF.FC(F)(F)F.FCF.FCF.O.O.[CH2-]CF.[Zr+2].[Zr]. The van der Waals surface area contributed by atoms with Gasteiger partial charge in [-0.15, -0.1) is 17.6 Å². The molecule has 0 spiro atoms. The zero-order valence-electron chi connectivity index (χ0n) is 12.2. The van der Waals surface area contributed by atoms with Crippen LogP contribution in [-0.4, -0.2) is 51.8 Å². The summed E-state index contributed by atoms with van der Waals surface area (Å²) in [6.07, 6.45) is -5.50. The van der Waals surface area contributed by atoms with E-state index in [2.05, 4.69) is 6.92 Å². The molecule has 23 heavy (non-hydrogen) atoms. The van der Waals surface area contributed by atoms with E-state index >= 15 is 0 Å². The largest absolute Gasteiger partial charge is 2.00 e. The van der Waals surface area contributed by atoms with Crippen LogP contribution in [-0.2, 0) is 52.4 Å². The molecular weight excluding hydrogens is 520 g/mol. The molecule has 0 unspecified atom stereocenters. The molecule has 0 radical (unpaired) electrons. The molecule has 0 saturated carbocycles. The maximum absolute atomic E-state index is 10.3. The van der Waals surface area contributed by atoms with Gasteiger partial charge in [0.2, 0.25) is 13.9 Å². The number of alkyl halides is 11. The molecule has 0 rings (SSSR count). The average molecular weight is 540 g/mol. The van der Waals surface area contributed by atoms with Gasteiger partial charge in [-0.3, -0.25) is 13.2 Å². The molecule has 0 aliphatic rings. The van der Waals surface area contributed by atoms with E-state index in [1.807, 2.05) is 0 Å². The molecule has 15 heteroatoms. The first kappa shape index (κ1) is 64.9. The third-order valence-corrected chi connectivity index (χ3v) is 0. The molecule has 0 bridgehead atoms. The van der Waals surface area contributed by atoms with Crippen molar-refractivity contribution in [3.63, 3.8) is 0 Å². The van der Waals surface area contributed by atoms with Crippen LogP contribution in [0.3, 0.4) is 0 Å². The predicted molar refractivity (Wildman–Crippen MR) is 58.6 cm³/mol. The second-order valence-electron chi connectivity index (χ2n) is 1.09. The van der Waals surface area contributed by atoms with Gasteiger partial charge < -0.3 is 17.9 Å². The van der Waals surface area contributed by atoms with E-state index in [4.69, 9.17) is 0 Å². The first-order valence-electron chi connectivity index (χ1n) is 3.94. The third kappa shape index (κ3) is 11900. The van der Waals surface area contributed by atoms with E-state index in [-0.39, 0.29) is 70.0 Å². The van der Waals surface area contributed by atoms with Crippen molar-refractivity contribution < 1.29 is 112 Å². The van der Waals surface area contributed by atoms with Crippen molar-refractivity contribution in [2.75, 3.05) is 34.4 Å². The molecule has 0 heterocycles. The summed E-state index contributed by atoms with van der Waals surface area (Å²) >= 11 is 0. The van der Waals surface area contributed by atoms with Crippen molar-refractivity contribution in [2.45, 2.75) is 13.4 Å². The van der Waals surface area contributed by atoms with Gasteiger partial charge >= 0.3 is 32.6 Å². The topological polar surface area (TPSA) is 63.0 Å². The summed E-state index contributed by atoms with van der Waals surface area (Å²) in [6, 6.07) is 0. The summed E-state index contributed by atoms with van der Waals surface area (Å²) in [4.78, 5) is 0. The Hall–Kier alpha value is 0.916. The van der Waals surface area contributed by atoms with Crippen molar-refractivity contribution in [2.24, 2.45) is 0 Å². The van der Waals surface area contributed by atoms with E-state index < -0.39 is 27.0 Å². The van der Waals surface area contributed by atoms with Crippen molar-refractivity contribution in [1.82, 2.24) is 0 Å². The van der Waals surface area contributed by atoms with Crippen LogP contribution in [0, 0.1) is 6.92 Å². The van der Waals surface area contributed by atoms with Crippen LogP contribution in [0.2, 0.25) is 0 Å². The average Bonchev–Trinajstić information content (AvgIpc) is 2.22. The maximum atomic E-state index is 10.3. The van der Waals surface area contributed by atoms with Gasteiger partial charge in [-0.2, -0.15) is 0 Å². The third-order valence-electron chi connectivity index (χ3n) is 0. The number of hydrogen-bond donors (Lipinski definition) is 0. The molecule has 0 atom stereocenters. The summed E-state index contributed by atoms with van der Waals surface area (Å²) in [5, 5.41) is 0. The Kier molecular flexibility index (Phi) is 260. The van der Waals surface area contributed by atoms with Crippen molar-refractivity contribution in [3.05, 3.63) is 6.92 Å². The fraction of sp³-hybridized carbons (Fsp3) is 0.875. The zero-order valence-corrected chi connectivity index (χ0v) is 17.1. The molecule has 2 nitrogen and oxygen atoms in total. The van der Waals surface area contributed by atoms with Crippen LogP contribution >= 0.6 is 0 Å². The normalized spacial score (nSPS) is 6.00. The maximum Gasteiger partial charge on any atom is 2.00 e. The van der Waals surface area contributed by atoms with Crippen LogP contribution in [0.15, 0.2) is 0 Å². The van der Waals surface area contributed by atoms with E-state index in [1.165, 1.54) is 6.92 Å². The van der Waals surface area contributed by atoms with E-state index in [9.17, 15) is 48.3 Å². The number of rotatable bonds is 0. The Bertz CT molecular complexity index is 80.9. The van der Waals surface area contributed by atoms with Gasteiger partial charge in [0.15, 0.2) is 0 Å². The molecule has 0 aliphatic carbocycles. The summed E-state index contributed by atoms with van der Waals surface area (Å²) in [5.41, 5.74) is 0. The van der Waals surface area contributed by atoms with Gasteiger partial charge in [0, 0.05) is 26.2 Å². The van der Waals surface area contributed by atoms with Gasteiger partial charge in [0.25, 0.3) is 0 Å². The fourth-order valence-electron chi connectivity index (χ4n) is 0. The van der Waals surface area contributed by atoms with Gasteiger partial charge in [-0.05, 0) is 13.6 Å². The summed E-state index contributed by atoms with van der Waals surface area (Å²) in [7, 11) is 0.500. The molecule has 0 amide bonds. The summed E-state index contributed by atoms with van der Waals surface area (Å²) in [5.74, 6) is 0. The number of hydrogen-bond acceptors (Lipinski definition) is 0. The smallest absolute Gasteiger partial charge is 0.412 e. The number of halogens is 11. The minimum absolute atomic E-state index is 0.